The third-order valence-electron chi connectivity index (χ3n) is 2.81. The summed E-state index contributed by atoms with van der Waals surface area (Å²) in [5, 5.41) is 4.39. The van der Waals surface area contributed by atoms with E-state index in [4.69, 9.17) is 9.47 Å². The number of pyridine rings is 1. The summed E-state index contributed by atoms with van der Waals surface area (Å²) in [4.78, 5) is 4.62. The van der Waals surface area contributed by atoms with Crippen molar-refractivity contribution in [1.82, 2.24) is 4.98 Å². The number of rotatable bonds is 5. The zero-order chi connectivity index (χ0) is 13.8. The zero-order valence-electron chi connectivity index (χ0n) is 11.3. The maximum atomic E-state index is 5.40. The fourth-order valence-corrected chi connectivity index (χ4v) is 2.58. The van der Waals surface area contributed by atoms with Crippen LogP contribution in [-0.2, 0) is 11.3 Å². The first-order valence-electron chi connectivity index (χ1n) is 6.10. The minimum Gasteiger partial charge on any atom is -0.494 e. The highest BCUT2D eigenvalue weighted by Crippen LogP contribution is 2.35. The summed E-state index contributed by atoms with van der Waals surface area (Å²) in [7, 11) is 3.32. The third-order valence-corrected chi connectivity index (χ3v) is 3.47. The largest absolute Gasteiger partial charge is 0.494 e. The van der Waals surface area contributed by atoms with Gasteiger partial charge in [0.1, 0.15) is 11.3 Å². The molecule has 0 aliphatic carbocycles. The number of ether oxygens (including phenoxy) is 2. The summed E-state index contributed by atoms with van der Waals surface area (Å²) < 4.78 is 11.6. The van der Waals surface area contributed by atoms with Gasteiger partial charge in [0, 0.05) is 29.2 Å². The summed E-state index contributed by atoms with van der Waals surface area (Å²) >= 11 is 3.58. The van der Waals surface area contributed by atoms with Crippen LogP contribution in [-0.4, -0.2) is 25.7 Å². The molecular formula is C14H17BrN2O2. The molecule has 0 saturated heterocycles. The Hall–Kier alpha value is -1.33. The van der Waals surface area contributed by atoms with Gasteiger partial charge in [0.2, 0.25) is 0 Å². The van der Waals surface area contributed by atoms with E-state index in [1.807, 2.05) is 18.2 Å². The molecule has 2 rings (SSSR count). The average molecular weight is 325 g/mol. The molecule has 1 N–H and O–H groups in total. The Morgan fingerprint density at radius 2 is 2.11 bits per heavy atom. The molecule has 0 bridgehead atoms. The van der Waals surface area contributed by atoms with E-state index in [0.717, 1.165) is 39.1 Å². The molecule has 19 heavy (non-hydrogen) atoms. The number of anilines is 1. The highest BCUT2D eigenvalue weighted by molar-refractivity contribution is 9.10. The van der Waals surface area contributed by atoms with Crippen LogP contribution in [0.5, 0.6) is 5.75 Å². The lowest BCUT2D eigenvalue weighted by Gasteiger charge is -2.14. The summed E-state index contributed by atoms with van der Waals surface area (Å²) in [6.07, 6.45) is 0. The minimum atomic E-state index is 0.476. The Morgan fingerprint density at radius 3 is 2.74 bits per heavy atom. The number of methoxy groups -OCH3 is 2. The van der Waals surface area contributed by atoms with E-state index in [9.17, 15) is 0 Å². The molecule has 0 unspecified atom stereocenters. The Morgan fingerprint density at radius 1 is 1.32 bits per heavy atom. The fourth-order valence-electron chi connectivity index (χ4n) is 2.05. The number of benzene rings is 1. The van der Waals surface area contributed by atoms with E-state index in [1.54, 1.807) is 14.2 Å². The zero-order valence-corrected chi connectivity index (χ0v) is 12.9. The molecule has 1 heterocycles. The molecule has 1 aromatic carbocycles. The van der Waals surface area contributed by atoms with Crippen molar-refractivity contribution >= 4 is 32.5 Å². The van der Waals surface area contributed by atoms with Gasteiger partial charge in [-0.25, -0.2) is 4.98 Å². The van der Waals surface area contributed by atoms with Gasteiger partial charge in [0.25, 0.3) is 0 Å². The van der Waals surface area contributed by atoms with E-state index in [2.05, 4.69) is 33.2 Å². The molecule has 0 fully saturated rings. The lowest BCUT2D eigenvalue weighted by Crippen LogP contribution is -2.02. The monoisotopic (exact) mass is 324 g/mol. The number of hydrogen-bond donors (Lipinski definition) is 1. The van der Waals surface area contributed by atoms with E-state index in [1.165, 1.54) is 0 Å². The molecule has 0 spiro atoms. The topological polar surface area (TPSA) is 43.4 Å². The standard InChI is InChI=1S/C14H17BrN2O2/c1-4-16-11-7-9(8-18-2)17-14-12(19-3)6-5-10(15)13(11)14/h5-7H,4,8H2,1-3H3,(H,16,17). The second kappa shape index (κ2) is 6.21. The minimum absolute atomic E-state index is 0.476. The van der Waals surface area contributed by atoms with Crippen LogP contribution in [0.1, 0.15) is 12.6 Å². The van der Waals surface area contributed by atoms with Crippen LogP contribution in [0.25, 0.3) is 10.9 Å². The van der Waals surface area contributed by atoms with E-state index < -0.39 is 0 Å². The van der Waals surface area contributed by atoms with Crippen LogP contribution in [0.2, 0.25) is 0 Å². The molecule has 0 aliphatic heterocycles. The number of halogens is 1. The van der Waals surface area contributed by atoms with Gasteiger partial charge in [-0.2, -0.15) is 0 Å². The number of hydrogen-bond acceptors (Lipinski definition) is 4. The third kappa shape index (κ3) is 2.82. The van der Waals surface area contributed by atoms with E-state index in [0.29, 0.717) is 6.61 Å². The molecule has 1 aromatic heterocycles. The Bertz CT molecular complexity index is 587. The number of nitrogens with zero attached hydrogens (tertiary/aromatic N) is 1. The van der Waals surface area contributed by atoms with Gasteiger partial charge in [-0.1, -0.05) is 15.9 Å². The van der Waals surface area contributed by atoms with Crippen LogP contribution in [0.15, 0.2) is 22.7 Å². The maximum absolute atomic E-state index is 5.40. The van der Waals surface area contributed by atoms with Gasteiger partial charge in [0.15, 0.2) is 0 Å². The molecule has 0 aliphatic rings. The van der Waals surface area contributed by atoms with Gasteiger partial charge in [-0.15, -0.1) is 0 Å². The van der Waals surface area contributed by atoms with Gasteiger partial charge in [-0.05, 0) is 25.1 Å². The first-order valence-corrected chi connectivity index (χ1v) is 6.89. The van der Waals surface area contributed by atoms with Crippen molar-refractivity contribution < 1.29 is 9.47 Å². The van der Waals surface area contributed by atoms with Crippen LogP contribution in [0.4, 0.5) is 5.69 Å². The molecule has 0 radical (unpaired) electrons. The summed E-state index contributed by atoms with van der Waals surface area (Å²) in [6.45, 7) is 3.38. The Kier molecular flexibility index (Phi) is 4.61. The molecular weight excluding hydrogens is 308 g/mol. The van der Waals surface area contributed by atoms with Gasteiger partial charge in [0.05, 0.1) is 19.4 Å². The Balaban J connectivity index is 2.73. The smallest absolute Gasteiger partial charge is 0.145 e. The maximum Gasteiger partial charge on any atom is 0.145 e. The molecule has 5 heteroatoms. The van der Waals surface area contributed by atoms with E-state index in [-0.39, 0.29) is 0 Å². The van der Waals surface area contributed by atoms with E-state index >= 15 is 0 Å². The SMILES string of the molecule is CCNc1cc(COC)nc2c(OC)ccc(Br)c12. The van der Waals surface area contributed by atoms with Crippen molar-refractivity contribution in [1.29, 1.82) is 0 Å². The van der Waals surface area contributed by atoms with Gasteiger partial charge in [-0.3, -0.25) is 0 Å². The lowest BCUT2D eigenvalue weighted by atomic mass is 10.1. The van der Waals surface area contributed by atoms with Crippen molar-refractivity contribution in [3.8, 4) is 5.75 Å². The summed E-state index contributed by atoms with van der Waals surface area (Å²) in [5.74, 6) is 0.760. The first kappa shape index (κ1) is 14.1. The summed E-state index contributed by atoms with van der Waals surface area (Å²) in [5.41, 5.74) is 2.75. The lowest BCUT2D eigenvalue weighted by molar-refractivity contribution is 0.182. The second-order valence-electron chi connectivity index (χ2n) is 4.10. The average Bonchev–Trinajstić information content (AvgIpc) is 2.39. The second-order valence-corrected chi connectivity index (χ2v) is 4.95. The van der Waals surface area contributed by atoms with Crippen molar-refractivity contribution in [3.05, 3.63) is 28.4 Å². The molecule has 4 nitrogen and oxygen atoms in total. The normalized spacial score (nSPS) is 10.7. The van der Waals surface area contributed by atoms with Crippen LogP contribution >= 0.6 is 15.9 Å². The number of fused-ring (bicyclic) bond motifs is 1. The van der Waals surface area contributed by atoms with Crippen LogP contribution in [0.3, 0.4) is 0 Å². The molecule has 0 saturated carbocycles. The molecule has 0 atom stereocenters. The highest BCUT2D eigenvalue weighted by atomic mass is 79.9. The van der Waals surface area contributed by atoms with Crippen molar-refractivity contribution in [2.75, 3.05) is 26.1 Å². The first-order chi connectivity index (χ1) is 9.21. The van der Waals surface area contributed by atoms with Crippen molar-refractivity contribution in [3.63, 3.8) is 0 Å². The molecule has 102 valence electrons. The van der Waals surface area contributed by atoms with Crippen molar-refractivity contribution in [2.24, 2.45) is 0 Å². The predicted molar refractivity (Wildman–Crippen MR) is 80.9 cm³/mol. The van der Waals surface area contributed by atoms with Crippen molar-refractivity contribution in [2.45, 2.75) is 13.5 Å². The quantitative estimate of drug-likeness (QED) is 0.912. The summed E-state index contributed by atoms with van der Waals surface area (Å²) in [6, 6.07) is 5.89. The highest BCUT2D eigenvalue weighted by Gasteiger charge is 2.12. The number of nitrogens with one attached hydrogen (secondary N) is 1. The Labute approximate surface area is 121 Å². The molecule has 0 amide bonds. The van der Waals surface area contributed by atoms with Gasteiger partial charge >= 0.3 is 0 Å². The van der Waals surface area contributed by atoms with Crippen LogP contribution in [0, 0.1) is 0 Å². The number of aromatic nitrogens is 1. The fraction of sp³-hybridized carbons (Fsp3) is 0.357. The van der Waals surface area contributed by atoms with Gasteiger partial charge < -0.3 is 14.8 Å². The van der Waals surface area contributed by atoms with Crippen LogP contribution < -0.4 is 10.1 Å². The predicted octanol–water partition coefficient (Wildman–Crippen LogP) is 3.58. The molecule has 2 aromatic rings.